The number of benzene rings is 1. The van der Waals surface area contributed by atoms with Crippen molar-refractivity contribution in [2.45, 2.75) is 13.1 Å². The molecule has 2 rings (SSSR count). The van der Waals surface area contributed by atoms with Crippen LogP contribution in [0.25, 0.3) is 11.0 Å². The number of hydrogen-bond donors (Lipinski definition) is 3. The highest BCUT2D eigenvalue weighted by Crippen LogP contribution is 2.38. The van der Waals surface area contributed by atoms with Gasteiger partial charge in [0.2, 0.25) is 0 Å². The second-order valence-corrected chi connectivity index (χ2v) is 5.17. The molecule has 6 heteroatoms. The normalized spacial score (nSPS) is 12.2. The van der Waals surface area contributed by atoms with Crippen molar-refractivity contribution in [1.29, 1.82) is 0 Å². The van der Waals surface area contributed by atoms with Gasteiger partial charge in [0.1, 0.15) is 12.0 Å². The summed E-state index contributed by atoms with van der Waals surface area (Å²) in [6.45, 7) is 1.95. The van der Waals surface area contributed by atoms with E-state index < -0.39 is 7.60 Å². The molecule has 1 aromatic carbocycles. The molecule has 5 nitrogen and oxygen atoms in total. The summed E-state index contributed by atoms with van der Waals surface area (Å²) in [4.78, 5) is 24.6. The molecule has 0 saturated carbocycles. The van der Waals surface area contributed by atoms with E-state index in [1.807, 2.05) is 25.1 Å². The fraction of sp³-hybridized carbons (Fsp3) is 0.222. The van der Waals surface area contributed by atoms with Gasteiger partial charge in [0.15, 0.2) is 0 Å². The van der Waals surface area contributed by atoms with Crippen molar-refractivity contribution in [3.05, 3.63) is 29.6 Å². The van der Waals surface area contributed by atoms with Crippen LogP contribution < -0.4 is 0 Å². The van der Waals surface area contributed by atoms with Crippen molar-refractivity contribution in [3.8, 4) is 0 Å². The molecule has 0 atom stereocenters. The summed E-state index contributed by atoms with van der Waals surface area (Å²) in [6, 6.07) is 5.63. The van der Waals surface area contributed by atoms with Crippen molar-refractivity contribution in [3.63, 3.8) is 0 Å². The van der Waals surface area contributed by atoms with E-state index in [1.54, 1.807) is 0 Å². The molecule has 1 aromatic heterocycles. The Hall–Kier alpha value is -1.16. The van der Waals surface area contributed by atoms with Gasteiger partial charge in [0, 0.05) is 0 Å². The lowest BCUT2D eigenvalue weighted by molar-refractivity contribution is 0.371. The molecule has 0 fully saturated rings. The van der Waals surface area contributed by atoms with Gasteiger partial charge in [0.05, 0.1) is 11.0 Å². The average molecular weight is 226 g/mol. The molecular formula is C9H11N2O3P. The lowest BCUT2D eigenvalue weighted by atomic mass is 10.2. The zero-order valence-corrected chi connectivity index (χ0v) is 9.03. The second kappa shape index (κ2) is 3.45. The molecule has 0 bridgehead atoms. The first-order valence-corrected chi connectivity index (χ1v) is 6.24. The monoisotopic (exact) mass is 226 g/mol. The van der Waals surface area contributed by atoms with E-state index in [1.165, 1.54) is 0 Å². The molecule has 0 spiro atoms. The summed E-state index contributed by atoms with van der Waals surface area (Å²) >= 11 is 0. The number of aryl methyl sites for hydroxylation is 1. The maximum Gasteiger partial charge on any atom is 0.333 e. The van der Waals surface area contributed by atoms with E-state index >= 15 is 0 Å². The molecule has 0 unspecified atom stereocenters. The fourth-order valence-corrected chi connectivity index (χ4v) is 1.99. The van der Waals surface area contributed by atoms with Crippen LogP contribution in [0.1, 0.15) is 11.4 Å². The first kappa shape index (κ1) is 10.4. The molecule has 15 heavy (non-hydrogen) atoms. The molecule has 0 radical (unpaired) electrons. The lowest BCUT2D eigenvalue weighted by Crippen LogP contribution is -1.88. The lowest BCUT2D eigenvalue weighted by Gasteiger charge is -1.98. The highest BCUT2D eigenvalue weighted by atomic mass is 31.2. The minimum atomic E-state index is -4.05. The number of fused-ring (bicyclic) bond motifs is 1. The van der Waals surface area contributed by atoms with E-state index in [2.05, 4.69) is 9.97 Å². The standard InChI is InChI=1S/C9H11N2O3P/c1-6-2-3-7-8(4-6)11-9(10-7)5-15(12,13)14/h2-4H,5H2,1H3,(H,10,11)(H2,12,13,14). The van der Waals surface area contributed by atoms with Crippen LogP contribution in [0.4, 0.5) is 0 Å². The molecule has 3 N–H and O–H groups in total. The summed E-state index contributed by atoms with van der Waals surface area (Å²) < 4.78 is 10.8. The highest BCUT2D eigenvalue weighted by Gasteiger charge is 2.16. The topological polar surface area (TPSA) is 86.2 Å². The Kier molecular flexibility index (Phi) is 2.38. The zero-order valence-electron chi connectivity index (χ0n) is 8.14. The number of hydrogen-bond acceptors (Lipinski definition) is 2. The quantitative estimate of drug-likeness (QED) is 0.678. The molecule has 80 valence electrons. The average Bonchev–Trinajstić information content (AvgIpc) is 2.42. The molecule has 0 aliphatic heterocycles. The smallest absolute Gasteiger partial charge is 0.333 e. The number of H-pyrrole nitrogens is 1. The number of aromatic amines is 1. The van der Waals surface area contributed by atoms with Crippen LogP contribution in [0.5, 0.6) is 0 Å². The SMILES string of the molecule is Cc1ccc2nc(CP(=O)(O)O)[nH]c2c1. The van der Waals surface area contributed by atoms with Crippen LogP contribution in [-0.2, 0) is 10.7 Å². The third kappa shape index (κ3) is 2.45. The first-order valence-electron chi connectivity index (χ1n) is 4.44. The Labute approximate surface area is 86.3 Å². The van der Waals surface area contributed by atoms with Crippen molar-refractivity contribution < 1.29 is 14.4 Å². The van der Waals surface area contributed by atoms with Gasteiger partial charge in [-0.25, -0.2) is 4.98 Å². The van der Waals surface area contributed by atoms with Gasteiger partial charge in [0.25, 0.3) is 0 Å². The predicted molar refractivity (Wildman–Crippen MR) is 56.6 cm³/mol. The second-order valence-electron chi connectivity index (χ2n) is 3.53. The number of nitrogens with zero attached hydrogens (tertiary/aromatic N) is 1. The maximum atomic E-state index is 10.8. The summed E-state index contributed by atoms with van der Waals surface area (Å²) in [5, 5.41) is 0. The van der Waals surface area contributed by atoms with E-state index in [4.69, 9.17) is 9.79 Å². The van der Waals surface area contributed by atoms with Crippen LogP contribution in [0.3, 0.4) is 0 Å². The third-order valence-corrected chi connectivity index (χ3v) is 2.75. The Balaban J connectivity index is 2.43. The minimum Gasteiger partial charge on any atom is -0.341 e. The molecule has 0 aliphatic carbocycles. The van der Waals surface area contributed by atoms with Gasteiger partial charge in [-0.3, -0.25) is 4.57 Å². The number of imidazole rings is 1. The van der Waals surface area contributed by atoms with E-state index in [0.29, 0.717) is 5.82 Å². The number of rotatable bonds is 2. The van der Waals surface area contributed by atoms with Crippen molar-refractivity contribution in [1.82, 2.24) is 9.97 Å². The first-order chi connectivity index (χ1) is 6.94. The summed E-state index contributed by atoms with van der Waals surface area (Å²) in [5.74, 6) is 0.323. The number of nitrogens with one attached hydrogen (secondary N) is 1. The van der Waals surface area contributed by atoms with Crippen molar-refractivity contribution >= 4 is 18.6 Å². The van der Waals surface area contributed by atoms with Crippen LogP contribution in [0.2, 0.25) is 0 Å². The molecule has 0 saturated heterocycles. The van der Waals surface area contributed by atoms with Gasteiger partial charge in [-0.05, 0) is 24.6 Å². The Morgan fingerprint density at radius 2 is 2.20 bits per heavy atom. The van der Waals surface area contributed by atoms with Crippen LogP contribution in [-0.4, -0.2) is 19.8 Å². The maximum absolute atomic E-state index is 10.8. The summed E-state index contributed by atoms with van der Waals surface area (Å²) in [5.41, 5.74) is 2.61. The van der Waals surface area contributed by atoms with E-state index in [0.717, 1.165) is 16.6 Å². The Morgan fingerprint density at radius 1 is 1.47 bits per heavy atom. The highest BCUT2D eigenvalue weighted by molar-refractivity contribution is 7.50. The number of aromatic nitrogens is 2. The Bertz CT molecular complexity index is 543. The van der Waals surface area contributed by atoms with Gasteiger partial charge in [-0.15, -0.1) is 0 Å². The van der Waals surface area contributed by atoms with Crippen LogP contribution >= 0.6 is 7.60 Å². The summed E-state index contributed by atoms with van der Waals surface area (Å²) in [7, 11) is -4.05. The molecular weight excluding hydrogens is 215 g/mol. The zero-order chi connectivity index (χ0) is 11.1. The van der Waals surface area contributed by atoms with E-state index in [9.17, 15) is 4.57 Å². The van der Waals surface area contributed by atoms with Crippen molar-refractivity contribution in [2.24, 2.45) is 0 Å². The largest absolute Gasteiger partial charge is 0.341 e. The van der Waals surface area contributed by atoms with E-state index in [-0.39, 0.29) is 6.16 Å². The summed E-state index contributed by atoms with van der Waals surface area (Å²) in [6.07, 6.45) is -0.347. The predicted octanol–water partition coefficient (Wildman–Crippen LogP) is 1.55. The molecule has 1 heterocycles. The molecule has 0 amide bonds. The third-order valence-electron chi connectivity index (χ3n) is 2.04. The molecule has 0 aliphatic rings. The minimum absolute atomic E-state index is 0.323. The van der Waals surface area contributed by atoms with Crippen molar-refractivity contribution in [2.75, 3.05) is 0 Å². The Morgan fingerprint density at radius 3 is 2.87 bits per heavy atom. The van der Waals surface area contributed by atoms with Crippen LogP contribution in [0, 0.1) is 6.92 Å². The van der Waals surface area contributed by atoms with Gasteiger partial charge in [-0.1, -0.05) is 6.07 Å². The van der Waals surface area contributed by atoms with Gasteiger partial charge < -0.3 is 14.8 Å². The fourth-order valence-electron chi connectivity index (χ4n) is 1.45. The molecule has 2 aromatic rings. The van der Waals surface area contributed by atoms with Gasteiger partial charge in [-0.2, -0.15) is 0 Å². The van der Waals surface area contributed by atoms with Crippen LogP contribution in [0.15, 0.2) is 18.2 Å². The van der Waals surface area contributed by atoms with Gasteiger partial charge >= 0.3 is 7.60 Å².